The molecule has 1 aliphatic heterocycles. The molecule has 4 rings (SSSR count). The molecule has 1 aliphatic carbocycles. The van der Waals surface area contributed by atoms with E-state index < -0.39 is 6.10 Å². The van der Waals surface area contributed by atoms with E-state index in [0.29, 0.717) is 6.42 Å². The van der Waals surface area contributed by atoms with E-state index in [1.807, 2.05) is 30.3 Å². The summed E-state index contributed by atoms with van der Waals surface area (Å²) in [4.78, 5) is 12.6. The topological polar surface area (TPSA) is 38.3 Å². The van der Waals surface area contributed by atoms with Crippen LogP contribution in [-0.2, 0) is 17.6 Å². The lowest BCUT2D eigenvalue weighted by atomic mass is 9.87. The van der Waals surface area contributed by atoms with Crippen molar-refractivity contribution in [3.8, 4) is 5.75 Å². The van der Waals surface area contributed by atoms with Crippen molar-refractivity contribution in [2.24, 2.45) is 0 Å². The molecule has 2 aliphatic rings. The third-order valence-corrected chi connectivity index (χ3v) is 4.63. The molecule has 112 valence electrons. The number of rotatable bonds is 2. The zero-order valence-corrected chi connectivity index (χ0v) is 12.4. The summed E-state index contributed by atoms with van der Waals surface area (Å²) in [6.45, 7) is 0. The van der Waals surface area contributed by atoms with Crippen molar-refractivity contribution < 1.29 is 9.53 Å². The van der Waals surface area contributed by atoms with Crippen LogP contribution < -0.4 is 10.1 Å². The average molecular weight is 293 g/mol. The van der Waals surface area contributed by atoms with Gasteiger partial charge in [-0.2, -0.15) is 0 Å². The fourth-order valence-corrected chi connectivity index (χ4v) is 3.50. The minimum absolute atomic E-state index is 0.00194. The molecule has 0 fully saturated rings. The van der Waals surface area contributed by atoms with Crippen LogP contribution in [0.1, 0.15) is 35.6 Å². The standard InChI is InChI=1S/C19H19NO2/c21-19(18-12-14-7-2-4-11-17(14)22-18)20-16-10-5-8-13-6-1-3-9-15(13)16/h1-4,6-7,9,11,16,18H,5,8,10,12H2,(H,20,21)/t16-,18+/m0/s1. The minimum Gasteiger partial charge on any atom is -0.480 e. The molecule has 1 N–H and O–H groups in total. The first kappa shape index (κ1) is 13.4. The smallest absolute Gasteiger partial charge is 0.261 e. The number of carbonyl (C=O) groups excluding carboxylic acids is 1. The molecule has 1 amide bonds. The van der Waals surface area contributed by atoms with Gasteiger partial charge in [-0.1, -0.05) is 42.5 Å². The van der Waals surface area contributed by atoms with Crippen molar-refractivity contribution >= 4 is 5.91 Å². The van der Waals surface area contributed by atoms with E-state index in [-0.39, 0.29) is 11.9 Å². The zero-order chi connectivity index (χ0) is 14.9. The predicted octanol–water partition coefficient (Wildman–Crippen LogP) is 3.18. The highest BCUT2D eigenvalue weighted by Gasteiger charge is 2.31. The Morgan fingerprint density at radius 1 is 1.05 bits per heavy atom. The number of fused-ring (bicyclic) bond motifs is 2. The number of carbonyl (C=O) groups is 1. The van der Waals surface area contributed by atoms with E-state index in [4.69, 9.17) is 4.74 Å². The SMILES string of the molecule is O=C(N[C@H]1CCCc2ccccc21)[C@H]1Cc2ccccc2O1. The van der Waals surface area contributed by atoms with Crippen molar-refractivity contribution in [3.63, 3.8) is 0 Å². The van der Waals surface area contributed by atoms with Gasteiger partial charge in [0.05, 0.1) is 6.04 Å². The van der Waals surface area contributed by atoms with Crippen molar-refractivity contribution in [2.75, 3.05) is 0 Å². The van der Waals surface area contributed by atoms with E-state index >= 15 is 0 Å². The maximum absolute atomic E-state index is 12.6. The summed E-state index contributed by atoms with van der Waals surface area (Å²) >= 11 is 0. The first-order valence-electron chi connectivity index (χ1n) is 7.94. The van der Waals surface area contributed by atoms with Crippen LogP contribution in [0.3, 0.4) is 0 Å². The van der Waals surface area contributed by atoms with Crippen molar-refractivity contribution in [1.29, 1.82) is 0 Å². The van der Waals surface area contributed by atoms with Gasteiger partial charge in [0, 0.05) is 6.42 Å². The molecule has 0 spiro atoms. The van der Waals surface area contributed by atoms with Gasteiger partial charge in [-0.05, 0) is 42.0 Å². The number of aryl methyl sites for hydroxylation is 1. The zero-order valence-electron chi connectivity index (χ0n) is 12.4. The van der Waals surface area contributed by atoms with E-state index in [2.05, 4.69) is 23.5 Å². The molecule has 3 heteroatoms. The molecule has 0 saturated heterocycles. The largest absolute Gasteiger partial charge is 0.480 e. The van der Waals surface area contributed by atoms with Gasteiger partial charge in [0.25, 0.3) is 5.91 Å². The second-order valence-electron chi connectivity index (χ2n) is 6.07. The molecule has 0 radical (unpaired) electrons. The van der Waals surface area contributed by atoms with E-state index in [1.165, 1.54) is 11.1 Å². The summed E-state index contributed by atoms with van der Waals surface area (Å²) in [6.07, 6.45) is 3.49. The van der Waals surface area contributed by atoms with E-state index in [9.17, 15) is 4.79 Å². The van der Waals surface area contributed by atoms with Crippen molar-refractivity contribution in [2.45, 2.75) is 37.8 Å². The van der Waals surface area contributed by atoms with Crippen LogP contribution in [0.15, 0.2) is 48.5 Å². The molecular formula is C19H19NO2. The highest BCUT2D eigenvalue weighted by Crippen LogP contribution is 2.31. The highest BCUT2D eigenvalue weighted by atomic mass is 16.5. The number of hydrogen-bond acceptors (Lipinski definition) is 2. The minimum atomic E-state index is -0.397. The molecule has 0 aromatic heterocycles. The quantitative estimate of drug-likeness (QED) is 0.923. The number of hydrogen-bond donors (Lipinski definition) is 1. The fourth-order valence-electron chi connectivity index (χ4n) is 3.50. The Bertz CT molecular complexity index is 685. The normalized spacial score (nSPS) is 22.4. The van der Waals surface area contributed by atoms with Crippen LogP contribution in [0.2, 0.25) is 0 Å². The van der Waals surface area contributed by atoms with Gasteiger partial charge in [-0.3, -0.25) is 4.79 Å². The fraction of sp³-hybridized carbons (Fsp3) is 0.316. The number of amides is 1. The monoisotopic (exact) mass is 293 g/mol. The number of para-hydroxylation sites is 1. The van der Waals surface area contributed by atoms with Crippen molar-refractivity contribution in [3.05, 3.63) is 65.2 Å². The van der Waals surface area contributed by atoms with Crippen LogP contribution in [0.25, 0.3) is 0 Å². The summed E-state index contributed by atoms with van der Waals surface area (Å²) in [5.74, 6) is 0.838. The van der Waals surface area contributed by atoms with E-state index in [0.717, 1.165) is 30.6 Å². The molecule has 3 nitrogen and oxygen atoms in total. The third kappa shape index (κ3) is 2.37. The predicted molar refractivity (Wildman–Crippen MR) is 84.8 cm³/mol. The summed E-state index contributed by atoms with van der Waals surface area (Å²) in [5, 5.41) is 3.19. The maximum Gasteiger partial charge on any atom is 0.261 e. The number of benzene rings is 2. The number of ether oxygens (including phenoxy) is 1. The van der Waals surface area contributed by atoms with Crippen LogP contribution in [0.5, 0.6) is 5.75 Å². The van der Waals surface area contributed by atoms with Gasteiger partial charge >= 0.3 is 0 Å². The molecule has 0 unspecified atom stereocenters. The average Bonchev–Trinajstić information content (AvgIpc) is 2.99. The van der Waals surface area contributed by atoms with Crippen LogP contribution in [0, 0.1) is 0 Å². The van der Waals surface area contributed by atoms with Gasteiger partial charge in [0.15, 0.2) is 6.10 Å². The Morgan fingerprint density at radius 2 is 1.82 bits per heavy atom. The lowest BCUT2D eigenvalue weighted by Gasteiger charge is -2.27. The Hall–Kier alpha value is -2.29. The summed E-state index contributed by atoms with van der Waals surface area (Å²) in [7, 11) is 0. The van der Waals surface area contributed by atoms with Gasteiger partial charge in [0.1, 0.15) is 5.75 Å². The van der Waals surface area contributed by atoms with Crippen LogP contribution >= 0.6 is 0 Å². The molecule has 0 saturated carbocycles. The van der Waals surface area contributed by atoms with Crippen LogP contribution in [-0.4, -0.2) is 12.0 Å². The van der Waals surface area contributed by atoms with Crippen molar-refractivity contribution in [1.82, 2.24) is 5.32 Å². The maximum atomic E-state index is 12.6. The van der Waals surface area contributed by atoms with E-state index in [1.54, 1.807) is 0 Å². The molecule has 1 heterocycles. The lowest BCUT2D eigenvalue weighted by molar-refractivity contribution is -0.128. The number of nitrogens with one attached hydrogen (secondary N) is 1. The highest BCUT2D eigenvalue weighted by molar-refractivity contribution is 5.83. The second kappa shape index (κ2) is 5.48. The molecule has 0 bridgehead atoms. The van der Waals surface area contributed by atoms with Gasteiger partial charge in [-0.15, -0.1) is 0 Å². The Balaban J connectivity index is 1.48. The first-order valence-corrected chi connectivity index (χ1v) is 7.94. The Labute approximate surface area is 130 Å². The van der Waals surface area contributed by atoms with Gasteiger partial charge in [0.2, 0.25) is 0 Å². The Morgan fingerprint density at radius 3 is 2.68 bits per heavy atom. The molecule has 2 aromatic carbocycles. The summed E-state index contributed by atoms with van der Waals surface area (Å²) in [6, 6.07) is 16.4. The van der Waals surface area contributed by atoms with Crippen LogP contribution in [0.4, 0.5) is 0 Å². The summed E-state index contributed by atoms with van der Waals surface area (Å²) < 4.78 is 5.79. The lowest BCUT2D eigenvalue weighted by Crippen LogP contribution is -2.40. The first-order chi connectivity index (χ1) is 10.8. The molecule has 22 heavy (non-hydrogen) atoms. The summed E-state index contributed by atoms with van der Waals surface area (Å²) in [5.41, 5.74) is 3.74. The Kier molecular flexibility index (Phi) is 3.34. The van der Waals surface area contributed by atoms with Gasteiger partial charge in [-0.25, -0.2) is 0 Å². The van der Waals surface area contributed by atoms with Gasteiger partial charge < -0.3 is 10.1 Å². The molecular weight excluding hydrogens is 274 g/mol. The second-order valence-corrected chi connectivity index (χ2v) is 6.07. The molecule has 2 atom stereocenters. The molecule has 2 aromatic rings. The third-order valence-electron chi connectivity index (χ3n) is 4.63.